The van der Waals surface area contributed by atoms with Gasteiger partial charge in [-0.2, -0.15) is 0 Å². The fraction of sp³-hybridized carbons (Fsp3) is 0.583. The van der Waals surface area contributed by atoms with Crippen LogP contribution >= 0.6 is 0 Å². The SMILES string of the molecule is CCC(C)(CCO)Nc1ccc(OC)cn1. The lowest BCUT2D eigenvalue weighted by Gasteiger charge is -2.29. The predicted octanol–water partition coefficient (Wildman–Crippen LogP) is 2.05. The van der Waals surface area contributed by atoms with Crippen molar-refractivity contribution in [1.82, 2.24) is 4.98 Å². The molecule has 4 heteroatoms. The lowest BCUT2D eigenvalue weighted by Crippen LogP contribution is -2.35. The summed E-state index contributed by atoms with van der Waals surface area (Å²) in [7, 11) is 1.62. The first-order valence-electron chi connectivity index (χ1n) is 5.52. The van der Waals surface area contributed by atoms with Gasteiger partial charge in [0, 0.05) is 12.1 Å². The highest BCUT2D eigenvalue weighted by atomic mass is 16.5. The van der Waals surface area contributed by atoms with Gasteiger partial charge in [-0.3, -0.25) is 0 Å². The van der Waals surface area contributed by atoms with Crippen molar-refractivity contribution in [3.8, 4) is 5.75 Å². The Bertz CT molecular complexity index is 313. The van der Waals surface area contributed by atoms with Gasteiger partial charge in [0.2, 0.25) is 0 Å². The number of aromatic nitrogens is 1. The highest BCUT2D eigenvalue weighted by Gasteiger charge is 2.21. The Kier molecular flexibility index (Phi) is 4.55. The molecular weight excluding hydrogens is 204 g/mol. The number of hydrogen-bond acceptors (Lipinski definition) is 4. The van der Waals surface area contributed by atoms with Crippen LogP contribution < -0.4 is 10.1 Å². The van der Waals surface area contributed by atoms with Gasteiger partial charge in [-0.25, -0.2) is 4.98 Å². The first kappa shape index (κ1) is 12.8. The summed E-state index contributed by atoms with van der Waals surface area (Å²) >= 11 is 0. The minimum Gasteiger partial charge on any atom is -0.495 e. The van der Waals surface area contributed by atoms with Crippen LogP contribution in [0.15, 0.2) is 18.3 Å². The van der Waals surface area contributed by atoms with Gasteiger partial charge in [0.05, 0.1) is 13.3 Å². The number of nitrogens with one attached hydrogen (secondary N) is 1. The number of anilines is 1. The smallest absolute Gasteiger partial charge is 0.137 e. The monoisotopic (exact) mass is 224 g/mol. The molecule has 1 aromatic rings. The van der Waals surface area contributed by atoms with Crippen LogP contribution in [0.4, 0.5) is 5.82 Å². The number of rotatable bonds is 6. The molecule has 0 bridgehead atoms. The number of ether oxygens (including phenoxy) is 1. The minimum atomic E-state index is -0.115. The second kappa shape index (κ2) is 5.70. The van der Waals surface area contributed by atoms with Crippen LogP contribution in [0.2, 0.25) is 0 Å². The van der Waals surface area contributed by atoms with Crippen LogP contribution in [0.3, 0.4) is 0 Å². The van der Waals surface area contributed by atoms with E-state index in [0.717, 1.165) is 18.0 Å². The summed E-state index contributed by atoms with van der Waals surface area (Å²) in [5.41, 5.74) is -0.115. The third-order valence-electron chi connectivity index (χ3n) is 2.85. The van der Waals surface area contributed by atoms with E-state index in [0.29, 0.717) is 6.42 Å². The van der Waals surface area contributed by atoms with Gasteiger partial charge in [-0.1, -0.05) is 6.92 Å². The van der Waals surface area contributed by atoms with Crippen molar-refractivity contribution in [1.29, 1.82) is 0 Å². The van der Waals surface area contributed by atoms with Gasteiger partial charge in [-0.05, 0) is 31.9 Å². The van der Waals surface area contributed by atoms with Gasteiger partial charge >= 0.3 is 0 Å². The van der Waals surface area contributed by atoms with E-state index in [-0.39, 0.29) is 12.1 Å². The molecule has 1 aromatic heterocycles. The van der Waals surface area contributed by atoms with Crippen molar-refractivity contribution < 1.29 is 9.84 Å². The molecule has 0 saturated carbocycles. The van der Waals surface area contributed by atoms with Crippen LogP contribution in [-0.2, 0) is 0 Å². The van der Waals surface area contributed by atoms with Crippen molar-refractivity contribution in [2.45, 2.75) is 32.2 Å². The normalized spacial score (nSPS) is 14.2. The lowest BCUT2D eigenvalue weighted by molar-refractivity contribution is 0.252. The first-order chi connectivity index (χ1) is 7.63. The molecule has 1 unspecified atom stereocenters. The maximum Gasteiger partial charge on any atom is 0.137 e. The Balaban J connectivity index is 2.70. The molecule has 4 nitrogen and oxygen atoms in total. The van der Waals surface area contributed by atoms with Crippen molar-refractivity contribution in [2.75, 3.05) is 19.0 Å². The summed E-state index contributed by atoms with van der Waals surface area (Å²) in [6, 6.07) is 3.74. The van der Waals surface area contributed by atoms with Crippen LogP contribution in [-0.4, -0.2) is 29.3 Å². The summed E-state index contributed by atoms with van der Waals surface area (Å²) in [6.45, 7) is 4.34. The highest BCUT2D eigenvalue weighted by molar-refractivity contribution is 5.39. The molecule has 0 saturated heterocycles. The molecule has 0 aliphatic rings. The quantitative estimate of drug-likeness (QED) is 0.776. The van der Waals surface area contributed by atoms with Crippen molar-refractivity contribution in [2.24, 2.45) is 0 Å². The molecule has 90 valence electrons. The van der Waals surface area contributed by atoms with E-state index < -0.39 is 0 Å². The Morgan fingerprint density at radius 1 is 1.50 bits per heavy atom. The minimum absolute atomic E-state index is 0.115. The molecule has 0 radical (unpaired) electrons. The Morgan fingerprint density at radius 3 is 2.69 bits per heavy atom. The zero-order valence-electron chi connectivity index (χ0n) is 10.2. The molecule has 1 heterocycles. The zero-order chi connectivity index (χ0) is 12.0. The van der Waals surface area contributed by atoms with Gasteiger partial charge in [0.1, 0.15) is 11.6 Å². The maximum atomic E-state index is 9.01. The molecule has 16 heavy (non-hydrogen) atoms. The van der Waals surface area contributed by atoms with E-state index in [1.54, 1.807) is 13.3 Å². The van der Waals surface area contributed by atoms with Gasteiger partial charge in [0.15, 0.2) is 0 Å². The van der Waals surface area contributed by atoms with E-state index in [9.17, 15) is 0 Å². The number of nitrogens with zero attached hydrogens (tertiary/aromatic N) is 1. The van der Waals surface area contributed by atoms with Crippen molar-refractivity contribution in [3.05, 3.63) is 18.3 Å². The largest absolute Gasteiger partial charge is 0.495 e. The molecule has 1 rings (SSSR count). The number of aliphatic hydroxyl groups excluding tert-OH is 1. The molecule has 1 atom stereocenters. The first-order valence-corrected chi connectivity index (χ1v) is 5.52. The second-order valence-electron chi connectivity index (χ2n) is 4.10. The topological polar surface area (TPSA) is 54.4 Å². The number of pyridine rings is 1. The van der Waals surface area contributed by atoms with Gasteiger partial charge in [-0.15, -0.1) is 0 Å². The van der Waals surface area contributed by atoms with Crippen LogP contribution in [0, 0.1) is 0 Å². The summed E-state index contributed by atoms with van der Waals surface area (Å²) in [5.74, 6) is 1.55. The van der Waals surface area contributed by atoms with E-state index in [2.05, 4.69) is 24.1 Å². The van der Waals surface area contributed by atoms with Crippen LogP contribution in [0.25, 0.3) is 0 Å². The molecule has 2 N–H and O–H groups in total. The highest BCUT2D eigenvalue weighted by Crippen LogP contribution is 2.21. The Labute approximate surface area is 96.7 Å². The fourth-order valence-corrected chi connectivity index (χ4v) is 1.46. The molecular formula is C12H20N2O2. The Morgan fingerprint density at radius 2 is 2.25 bits per heavy atom. The molecule has 0 aliphatic carbocycles. The number of hydrogen-bond donors (Lipinski definition) is 2. The predicted molar refractivity (Wildman–Crippen MR) is 64.8 cm³/mol. The number of methoxy groups -OCH3 is 1. The molecule has 0 amide bonds. The average Bonchev–Trinajstić information content (AvgIpc) is 2.30. The summed E-state index contributed by atoms with van der Waals surface area (Å²) in [5, 5.41) is 12.3. The van der Waals surface area contributed by atoms with Gasteiger partial charge in [0.25, 0.3) is 0 Å². The number of aliphatic hydroxyl groups is 1. The summed E-state index contributed by atoms with van der Waals surface area (Å²) in [6.07, 6.45) is 3.32. The Hall–Kier alpha value is -1.29. The van der Waals surface area contributed by atoms with Gasteiger partial charge < -0.3 is 15.2 Å². The van der Waals surface area contributed by atoms with E-state index >= 15 is 0 Å². The van der Waals surface area contributed by atoms with Crippen molar-refractivity contribution >= 4 is 5.82 Å². The fourth-order valence-electron chi connectivity index (χ4n) is 1.46. The van der Waals surface area contributed by atoms with Crippen molar-refractivity contribution in [3.63, 3.8) is 0 Å². The lowest BCUT2D eigenvalue weighted by atomic mass is 9.95. The second-order valence-corrected chi connectivity index (χ2v) is 4.10. The van der Waals surface area contributed by atoms with E-state index in [4.69, 9.17) is 9.84 Å². The summed E-state index contributed by atoms with van der Waals surface area (Å²) in [4.78, 5) is 4.25. The maximum absolute atomic E-state index is 9.01. The summed E-state index contributed by atoms with van der Waals surface area (Å²) < 4.78 is 5.04. The van der Waals surface area contributed by atoms with E-state index in [1.807, 2.05) is 12.1 Å². The third-order valence-corrected chi connectivity index (χ3v) is 2.85. The average molecular weight is 224 g/mol. The van der Waals surface area contributed by atoms with Crippen LogP contribution in [0.5, 0.6) is 5.75 Å². The van der Waals surface area contributed by atoms with Crippen LogP contribution in [0.1, 0.15) is 26.7 Å². The molecule has 0 spiro atoms. The molecule has 0 fully saturated rings. The zero-order valence-corrected chi connectivity index (χ0v) is 10.2. The van der Waals surface area contributed by atoms with E-state index in [1.165, 1.54) is 0 Å². The standard InChI is InChI=1S/C12H20N2O2/c1-4-12(2,7-8-15)14-11-6-5-10(16-3)9-13-11/h5-6,9,15H,4,7-8H2,1-3H3,(H,13,14). The third kappa shape index (κ3) is 3.38. The molecule has 0 aromatic carbocycles. The molecule has 0 aliphatic heterocycles.